The molecular weight excluding hydrogens is 296 g/mol. The third-order valence-electron chi connectivity index (χ3n) is 1.34. The van der Waals surface area contributed by atoms with E-state index in [0.717, 1.165) is 18.2 Å². The standard InChI is InChI=1S/C8H4F3IO/c9-6-3-1-2-5(4-6)7(13)8(10,11)12/h1-4H. The predicted molar refractivity (Wildman–Crippen MR) is 49.7 cm³/mol. The summed E-state index contributed by atoms with van der Waals surface area (Å²) in [6.07, 6.45) is 0. The first-order chi connectivity index (χ1) is 5.91. The van der Waals surface area contributed by atoms with Crippen LogP contribution in [-0.4, -0.2) is 9.71 Å². The minimum Gasteiger partial charge on any atom is -0.286 e. The fourth-order valence-electron chi connectivity index (χ4n) is 0.793. The molecule has 0 spiro atoms. The summed E-state index contributed by atoms with van der Waals surface area (Å²) in [6.45, 7) is 0. The van der Waals surface area contributed by atoms with Gasteiger partial charge in [0, 0.05) is 28.2 Å². The summed E-state index contributed by atoms with van der Waals surface area (Å²) in [4.78, 5) is 10.9. The smallest absolute Gasteiger partial charge is 0.286 e. The molecule has 13 heavy (non-hydrogen) atoms. The van der Waals surface area contributed by atoms with Crippen LogP contribution >= 0.6 is 22.6 Å². The van der Waals surface area contributed by atoms with Gasteiger partial charge >= 0.3 is 3.93 Å². The fourth-order valence-corrected chi connectivity index (χ4v) is 1.10. The molecule has 0 atom stereocenters. The molecule has 5 heteroatoms. The van der Waals surface area contributed by atoms with Crippen LogP contribution in [0.3, 0.4) is 0 Å². The summed E-state index contributed by atoms with van der Waals surface area (Å²) < 4.78 is 33.9. The number of alkyl halides is 3. The van der Waals surface area contributed by atoms with Gasteiger partial charge in [-0.25, -0.2) is 4.39 Å². The maximum atomic E-state index is 12.5. The van der Waals surface area contributed by atoms with E-state index in [-0.39, 0.29) is 5.56 Å². The van der Waals surface area contributed by atoms with Crippen molar-refractivity contribution in [2.24, 2.45) is 0 Å². The molecule has 0 unspecified atom stereocenters. The van der Waals surface area contributed by atoms with Crippen LogP contribution in [0.25, 0.3) is 0 Å². The Kier molecular flexibility index (Phi) is 2.94. The summed E-state index contributed by atoms with van der Waals surface area (Å²) >= 11 is 0.713. The number of ketones is 1. The summed E-state index contributed by atoms with van der Waals surface area (Å²) in [5.74, 6) is -2.08. The molecule has 0 fully saturated rings. The molecule has 0 aliphatic rings. The topological polar surface area (TPSA) is 17.1 Å². The third kappa shape index (κ3) is 2.68. The predicted octanol–water partition coefficient (Wildman–Crippen LogP) is 3.04. The highest BCUT2D eigenvalue weighted by atomic mass is 127. The molecular formula is C8H4F3IO. The second-order valence-corrected chi connectivity index (χ2v) is 3.69. The molecule has 0 bridgehead atoms. The Morgan fingerprint density at radius 2 is 2.00 bits per heavy atom. The van der Waals surface area contributed by atoms with Crippen molar-refractivity contribution >= 4 is 28.4 Å². The molecule has 0 heterocycles. The number of rotatable bonds is 2. The van der Waals surface area contributed by atoms with E-state index in [9.17, 15) is 18.0 Å². The average Bonchev–Trinajstić information content (AvgIpc) is 2.01. The Balaban J connectivity index is 3.03. The van der Waals surface area contributed by atoms with Crippen molar-refractivity contribution in [3.63, 3.8) is 0 Å². The van der Waals surface area contributed by atoms with Crippen molar-refractivity contribution in [2.75, 3.05) is 0 Å². The van der Waals surface area contributed by atoms with Crippen molar-refractivity contribution in [2.45, 2.75) is 3.93 Å². The summed E-state index contributed by atoms with van der Waals surface area (Å²) in [5, 5.41) is 0. The monoisotopic (exact) mass is 300 g/mol. The number of carbonyl (C=O) groups is 1. The van der Waals surface area contributed by atoms with E-state index in [4.69, 9.17) is 0 Å². The van der Waals surface area contributed by atoms with Crippen molar-refractivity contribution in [3.05, 3.63) is 35.6 Å². The average molecular weight is 300 g/mol. The number of hydrogen-bond donors (Lipinski definition) is 0. The second-order valence-electron chi connectivity index (χ2n) is 2.34. The highest BCUT2D eigenvalue weighted by Gasteiger charge is 2.35. The van der Waals surface area contributed by atoms with Crippen LogP contribution in [0, 0.1) is 5.82 Å². The maximum absolute atomic E-state index is 12.5. The number of Topliss-reactive ketones (excluding diaryl/α,β-unsaturated/α-hetero) is 1. The molecule has 0 N–H and O–H groups in total. The van der Waals surface area contributed by atoms with Crippen LogP contribution in [0.2, 0.25) is 0 Å². The van der Waals surface area contributed by atoms with Gasteiger partial charge in [-0.1, -0.05) is 12.1 Å². The van der Waals surface area contributed by atoms with Gasteiger partial charge in [-0.3, -0.25) is 4.79 Å². The third-order valence-corrected chi connectivity index (χ3v) is 1.83. The fraction of sp³-hybridized carbons (Fsp3) is 0.125. The van der Waals surface area contributed by atoms with Crippen LogP contribution in [0.4, 0.5) is 13.2 Å². The lowest BCUT2D eigenvalue weighted by atomic mass is 10.1. The second kappa shape index (κ2) is 3.65. The Morgan fingerprint density at radius 1 is 1.38 bits per heavy atom. The lowest BCUT2D eigenvalue weighted by Gasteiger charge is -2.06. The first-order valence-corrected chi connectivity index (χ1v) is 4.36. The van der Waals surface area contributed by atoms with Crippen LogP contribution in [0.15, 0.2) is 24.3 Å². The van der Waals surface area contributed by atoms with Gasteiger partial charge in [0.05, 0.1) is 0 Å². The Bertz CT molecular complexity index is 332. The van der Waals surface area contributed by atoms with E-state index in [1.165, 1.54) is 6.07 Å². The van der Waals surface area contributed by atoms with Gasteiger partial charge in [-0.2, -0.15) is 8.78 Å². The zero-order valence-electron chi connectivity index (χ0n) is 6.23. The number of hydrogen-bond acceptors (Lipinski definition) is 1. The normalized spacial score (nSPS) is 11.4. The van der Waals surface area contributed by atoms with Gasteiger partial charge in [0.15, 0.2) is 0 Å². The van der Waals surface area contributed by atoms with Gasteiger partial charge in [0.25, 0.3) is 0 Å². The highest BCUT2D eigenvalue weighted by Crippen LogP contribution is 2.27. The molecule has 0 aliphatic heterocycles. The zero-order valence-corrected chi connectivity index (χ0v) is 8.39. The Hall–Kier alpha value is -0.590. The highest BCUT2D eigenvalue weighted by molar-refractivity contribution is 14.1. The molecule has 0 aromatic heterocycles. The molecule has 1 nitrogen and oxygen atoms in total. The molecule has 0 saturated heterocycles. The largest absolute Gasteiger partial charge is 0.357 e. The molecule has 0 aliphatic carbocycles. The maximum Gasteiger partial charge on any atom is 0.357 e. The summed E-state index contributed by atoms with van der Waals surface area (Å²) in [7, 11) is 0. The number of carbonyl (C=O) groups excluding carboxylic acids is 1. The van der Waals surface area contributed by atoms with Gasteiger partial charge in [0.1, 0.15) is 5.82 Å². The minimum absolute atomic E-state index is 0.320. The van der Waals surface area contributed by atoms with Crippen LogP contribution in [-0.2, 0) is 0 Å². The Morgan fingerprint density at radius 3 is 2.46 bits per heavy atom. The molecule has 0 amide bonds. The summed E-state index contributed by atoms with van der Waals surface area (Å²) in [5.41, 5.74) is -0.320. The van der Waals surface area contributed by atoms with Crippen LogP contribution in [0.5, 0.6) is 0 Å². The van der Waals surface area contributed by atoms with E-state index in [2.05, 4.69) is 0 Å². The number of benzene rings is 1. The molecule has 70 valence electrons. The SMILES string of the molecule is O=C(c1cccc(F)c1)C(F)(F)I. The van der Waals surface area contributed by atoms with E-state index in [0.29, 0.717) is 22.6 Å². The summed E-state index contributed by atoms with van der Waals surface area (Å²) in [6, 6.07) is 4.24. The van der Waals surface area contributed by atoms with E-state index in [1.54, 1.807) is 0 Å². The van der Waals surface area contributed by atoms with Gasteiger partial charge < -0.3 is 0 Å². The van der Waals surface area contributed by atoms with E-state index < -0.39 is 15.5 Å². The lowest BCUT2D eigenvalue weighted by Crippen LogP contribution is -2.20. The lowest BCUT2D eigenvalue weighted by molar-refractivity contribution is 0.0626. The Labute approximate surface area is 86.1 Å². The molecule has 1 aromatic rings. The van der Waals surface area contributed by atoms with Crippen molar-refractivity contribution < 1.29 is 18.0 Å². The van der Waals surface area contributed by atoms with Crippen molar-refractivity contribution in [3.8, 4) is 0 Å². The first kappa shape index (κ1) is 10.5. The minimum atomic E-state index is -3.48. The zero-order chi connectivity index (χ0) is 10.1. The number of halogens is 4. The van der Waals surface area contributed by atoms with Crippen molar-refractivity contribution in [1.82, 2.24) is 0 Å². The van der Waals surface area contributed by atoms with E-state index >= 15 is 0 Å². The molecule has 1 aromatic carbocycles. The van der Waals surface area contributed by atoms with Crippen LogP contribution < -0.4 is 0 Å². The van der Waals surface area contributed by atoms with Crippen LogP contribution in [0.1, 0.15) is 10.4 Å². The van der Waals surface area contributed by atoms with Gasteiger partial charge in [-0.05, 0) is 12.1 Å². The quantitative estimate of drug-likeness (QED) is 0.466. The van der Waals surface area contributed by atoms with Gasteiger partial charge in [0.2, 0.25) is 5.78 Å². The van der Waals surface area contributed by atoms with E-state index in [1.807, 2.05) is 0 Å². The molecule has 0 saturated carbocycles. The molecule has 1 rings (SSSR count). The van der Waals surface area contributed by atoms with Crippen molar-refractivity contribution in [1.29, 1.82) is 0 Å². The first-order valence-electron chi connectivity index (χ1n) is 3.28. The molecule has 0 radical (unpaired) electrons. The van der Waals surface area contributed by atoms with Gasteiger partial charge in [-0.15, -0.1) is 0 Å².